The molecule has 0 aliphatic heterocycles. The molecule has 0 amide bonds. The Labute approximate surface area is 96.8 Å². The Hall–Kier alpha value is -0.570. The third-order valence-electron chi connectivity index (χ3n) is 2.72. The third-order valence-corrected chi connectivity index (χ3v) is 2.97. The van der Waals surface area contributed by atoms with E-state index in [-0.39, 0.29) is 6.04 Å². The Morgan fingerprint density at radius 1 is 1.33 bits per heavy atom. The van der Waals surface area contributed by atoms with Crippen molar-refractivity contribution in [2.75, 3.05) is 0 Å². The summed E-state index contributed by atoms with van der Waals surface area (Å²) in [7, 11) is 0. The molecule has 2 atom stereocenters. The SMILES string of the molecule is CCCC(C)C(NN)c1ccc(Cl)cc1. The highest BCUT2D eigenvalue weighted by atomic mass is 35.5. The van der Waals surface area contributed by atoms with Crippen LogP contribution in [0.4, 0.5) is 0 Å². The van der Waals surface area contributed by atoms with Gasteiger partial charge in [-0.2, -0.15) is 0 Å². The van der Waals surface area contributed by atoms with Crippen molar-refractivity contribution in [3.05, 3.63) is 34.9 Å². The van der Waals surface area contributed by atoms with Crippen molar-refractivity contribution >= 4 is 11.6 Å². The highest BCUT2D eigenvalue weighted by Crippen LogP contribution is 2.25. The normalized spacial score (nSPS) is 14.9. The van der Waals surface area contributed by atoms with Crippen LogP contribution in [0.15, 0.2) is 24.3 Å². The predicted molar refractivity (Wildman–Crippen MR) is 65.6 cm³/mol. The molecule has 3 N–H and O–H groups in total. The van der Waals surface area contributed by atoms with Gasteiger partial charge in [0.1, 0.15) is 0 Å². The molecule has 0 saturated heterocycles. The van der Waals surface area contributed by atoms with Crippen LogP contribution in [-0.4, -0.2) is 0 Å². The summed E-state index contributed by atoms with van der Waals surface area (Å²) < 4.78 is 0. The standard InChI is InChI=1S/C12H19ClN2/c1-3-4-9(2)12(15-14)10-5-7-11(13)8-6-10/h5-9,12,15H,3-4,14H2,1-2H3. The molecule has 1 aromatic rings. The number of rotatable bonds is 5. The quantitative estimate of drug-likeness (QED) is 0.597. The molecule has 0 spiro atoms. The predicted octanol–water partition coefficient (Wildman–Crippen LogP) is 3.28. The van der Waals surface area contributed by atoms with Crippen molar-refractivity contribution in [1.29, 1.82) is 0 Å². The lowest BCUT2D eigenvalue weighted by molar-refractivity contribution is 0.368. The molecule has 0 radical (unpaired) electrons. The second-order valence-electron chi connectivity index (χ2n) is 3.96. The van der Waals surface area contributed by atoms with Crippen molar-refractivity contribution in [3.8, 4) is 0 Å². The highest BCUT2D eigenvalue weighted by molar-refractivity contribution is 6.30. The first kappa shape index (κ1) is 12.5. The van der Waals surface area contributed by atoms with Crippen LogP contribution < -0.4 is 11.3 Å². The minimum Gasteiger partial charge on any atom is -0.271 e. The van der Waals surface area contributed by atoms with Gasteiger partial charge in [-0.05, 0) is 30.0 Å². The topological polar surface area (TPSA) is 38.0 Å². The minimum atomic E-state index is 0.210. The van der Waals surface area contributed by atoms with E-state index < -0.39 is 0 Å². The molecule has 84 valence electrons. The Morgan fingerprint density at radius 3 is 2.40 bits per heavy atom. The van der Waals surface area contributed by atoms with E-state index in [4.69, 9.17) is 17.4 Å². The van der Waals surface area contributed by atoms with E-state index >= 15 is 0 Å². The molecule has 15 heavy (non-hydrogen) atoms. The van der Waals surface area contributed by atoms with Gasteiger partial charge in [0.2, 0.25) is 0 Å². The summed E-state index contributed by atoms with van der Waals surface area (Å²) in [5.74, 6) is 6.12. The lowest BCUT2D eigenvalue weighted by Gasteiger charge is -2.23. The van der Waals surface area contributed by atoms with Gasteiger partial charge in [-0.3, -0.25) is 11.3 Å². The van der Waals surface area contributed by atoms with Gasteiger partial charge in [0.05, 0.1) is 0 Å². The Morgan fingerprint density at radius 2 is 1.93 bits per heavy atom. The van der Waals surface area contributed by atoms with E-state index in [1.807, 2.05) is 24.3 Å². The van der Waals surface area contributed by atoms with E-state index in [1.165, 1.54) is 12.0 Å². The molecule has 0 fully saturated rings. The second kappa shape index (κ2) is 6.11. The Bertz CT molecular complexity index is 284. The highest BCUT2D eigenvalue weighted by Gasteiger charge is 2.16. The number of benzene rings is 1. The monoisotopic (exact) mass is 226 g/mol. The zero-order chi connectivity index (χ0) is 11.3. The van der Waals surface area contributed by atoms with Gasteiger partial charge < -0.3 is 0 Å². The molecule has 0 aliphatic rings. The third kappa shape index (κ3) is 3.49. The summed E-state index contributed by atoms with van der Waals surface area (Å²) in [6, 6.07) is 8.07. The van der Waals surface area contributed by atoms with Crippen molar-refractivity contribution in [2.24, 2.45) is 11.8 Å². The van der Waals surface area contributed by atoms with Crippen molar-refractivity contribution in [3.63, 3.8) is 0 Å². The molecule has 0 bridgehead atoms. The van der Waals surface area contributed by atoms with Crippen LogP contribution in [0.5, 0.6) is 0 Å². The number of hydrazine groups is 1. The molecule has 0 saturated carbocycles. The summed E-state index contributed by atoms with van der Waals surface area (Å²) in [4.78, 5) is 0. The van der Waals surface area contributed by atoms with Gasteiger partial charge in [0, 0.05) is 11.1 Å². The van der Waals surface area contributed by atoms with Crippen molar-refractivity contribution < 1.29 is 0 Å². The van der Waals surface area contributed by atoms with E-state index in [0.717, 1.165) is 11.4 Å². The molecule has 0 aliphatic carbocycles. The molecular weight excluding hydrogens is 208 g/mol. The number of nitrogens with one attached hydrogen (secondary N) is 1. The minimum absolute atomic E-state index is 0.210. The van der Waals surface area contributed by atoms with Crippen LogP contribution in [0.25, 0.3) is 0 Å². The fourth-order valence-electron chi connectivity index (χ4n) is 1.88. The van der Waals surface area contributed by atoms with E-state index in [0.29, 0.717) is 5.92 Å². The van der Waals surface area contributed by atoms with Gasteiger partial charge in [-0.15, -0.1) is 0 Å². The first-order chi connectivity index (χ1) is 7.19. The summed E-state index contributed by atoms with van der Waals surface area (Å²) in [6.45, 7) is 4.40. The average molecular weight is 227 g/mol. The van der Waals surface area contributed by atoms with Crippen molar-refractivity contribution in [2.45, 2.75) is 32.7 Å². The summed E-state index contributed by atoms with van der Waals surface area (Å²) >= 11 is 5.85. The van der Waals surface area contributed by atoms with Crippen LogP contribution in [-0.2, 0) is 0 Å². The Balaban J connectivity index is 2.77. The van der Waals surface area contributed by atoms with Crippen molar-refractivity contribution in [1.82, 2.24) is 5.43 Å². The molecule has 2 unspecified atom stereocenters. The van der Waals surface area contributed by atoms with Gasteiger partial charge in [0.15, 0.2) is 0 Å². The van der Waals surface area contributed by atoms with Crippen LogP contribution in [0.2, 0.25) is 5.02 Å². The average Bonchev–Trinajstić information content (AvgIpc) is 2.22. The summed E-state index contributed by atoms with van der Waals surface area (Å²) in [5, 5.41) is 0.762. The maximum absolute atomic E-state index is 5.85. The van der Waals surface area contributed by atoms with E-state index in [9.17, 15) is 0 Å². The molecule has 1 aromatic carbocycles. The van der Waals surface area contributed by atoms with Crippen LogP contribution in [0, 0.1) is 5.92 Å². The Kier molecular flexibility index (Phi) is 5.09. The number of hydrogen-bond acceptors (Lipinski definition) is 2. The first-order valence-electron chi connectivity index (χ1n) is 5.40. The lowest BCUT2D eigenvalue weighted by atomic mass is 9.91. The molecule has 1 rings (SSSR count). The van der Waals surface area contributed by atoms with Gasteiger partial charge in [-0.25, -0.2) is 0 Å². The summed E-state index contributed by atoms with van der Waals surface area (Å²) in [5.41, 5.74) is 4.08. The zero-order valence-electron chi connectivity index (χ0n) is 9.33. The van der Waals surface area contributed by atoms with Gasteiger partial charge in [-0.1, -0.05) is 44.0 Å². The van der Waals surface area contributed by atoms with Gasteiger partial charge in [0.25, 0.3) is 0 Å². The molecule has 0 heterocycles. The zero-order valence-corrected chi connectivity index (χ0v) is 10.1. The van der Waals surface area contributed by atoms with E-state index in [1.54, 1.807) is 0 Å². The summed E-state index contributed by atoms with van der Waals surface area (Å²) in [6.07, 6.45) is 2.34. The fourth-order valence-corrected chi connectivity index (χ4v) is 2.01. The molecule has 3 heteroatoms. The molecule has 2 nitrogen and oxygen atoms in total. The number of hydrogen-bond donors (Lipinski definition) is 2. The number of nitrogens with two attached hydrogens (primary N) is 1. The first-order valence-corrected chi connectivity index (χ1v) is 5.78. The smallest absolute Gasteiger partial charge is 0.0485 e. The van der Waals surface area contributed by atoms with Crippen LogP contribution in [0.3, 0.4) is 0 Å². The van der Waals surface area contributed by atoms with Crippen LogP contribution in [0.1, 0.15) is 38.3 Å². The lowest BCUT2D eigenvalue weighted by Crippen LogP contribution is -2.32. The van der Waals surface area contributed by atoms with E-state index in [2.05, 4.69) is 19.3 Å². The molecule has 0 aromatic heterocycles. The maximum atomic E-state index is 5.85. The molecular formula is C12H19ClN2. The number of halogens is 1. The maximum Gasteiger partial charge on any atom is 0.0485 e. The van der Waals surface area contributed by atoms with Crippen LogP contribution >= 0.6 is 11.6 Å². The van der Waals surface area contributed by atoms with Gasteiger partial charge >= 0.3 is 0 Å². The largest absolute Gasteiger partial charge is 0.271 e. The fraction of sp³-hybridized carbons (Fsp3) is 0.500. The second-order valence-corrected chi connectivity index (χ2v) is 4.40.